The molecule has 1 fully saturated rings. The lowest BCUT2D eigenvalue weighted by Crippen LogP contribution is -2.47. The van der Waals surface area contributed by atoms with Crippen LogP contribution in [-0.2, 0) is 14.3 Å². The molecule has 3 heterocycles. The molecule has 1 aromatic heterocycles. The molecular weight excluding hydrogens is 484 g/mol. The van der Waals surface area contributed by atoms with Gasteiger partial charge in [0.1, 0.15) is 24.1 Å². The zero-order valence-electron chi connectivity index (χ0n) is 20.5. The van der Waals surface area contributed by atoms with E-state index >= 15 is 0 Å². The lowest BCUT2D eigenvalue weighted by atomic mass is 9.99. The molecule has 2 N–H and O–H groups in total. The van der Waals surface area contributed by atoms with Crippen LogP contribution in [0.3, 0.4) is 0 Å². The second kappa shape index (κ2) is 11.1. The molecule has 0 saturated carbocycles. The summed E-state index contributed by atoms with van der Waals surface area (Å²) in [5.41, 5.74) is 0.270. The summed E-state index contributed by atoms with van der Waals surface area (Å²) in [6, 6.07) is 5.81. The van der Waals surface area contributed by atoms with Gasteiger partial charge in [-0.3, -0.25) is 10.1 Å². The summed E-state index contributed by atoms with van der Waals surface area (Å²) in [4.78, 5) is 51.1. The van der Waals surface area contributed by atoms with E-state index in [4.69, 9.17) is 13.9 Å². The van der Waals surface area contributed by atoms with Crippen molar-refractivity contribution in [3.8, 4) is 0 Å². The topological polar surface area (TPSA) is 153 Å². The number of furan rings is 1. The summed E-state index contributed by atoms with van der Waals surface area (Å²) in [5, 5.41) is 16.9. The maximum absolute atomic E-state index is 12.9. The number of nitrogens with zero attached hydrogens (tertiary/aromatic N) is 2. The molecule has 2 aromatic rings. The van der Waals surface area contributed by atoms with Gasteiger partial charge in [-0.25, -0.2) is 14.4 Å². The summed E-state index contributed by atoms with van der Waals surface area (Å²) < 4.78 is 15.9. The Kier molecular flexibility index (Phi) is 7.75. The lowest BCUT2D eigenvalue weighted by Gasteiger charge is -2.32. The fourth-order valence-corrected chi connectivity index (χ4v) is 4.54. The van der Waals surface area contributed by atoms with E-state index in [-0.39, 0.29) is 29.1 Å². The van der Waals surface area contributed by atoms with Crippen LogP contribution in [0.5, 0.6) is 0 Å². The highest BCUT2D eigenvalue weighted by atomic mass is 16.6. The number of amides is 2. The highest BCUT2D eigenvalue weighted by Gasteiger charge is 2.36. The van der Waals surface area contributed by atoms with Gasteiger partial charge < -0.3 is 29.4 Å². The van der Waals surface area contributed by atoms with Crippen molar-refractivity contribution >= 4 is 29.3 Å². The number of anilines is 1. The Morgan fingerprint density at radius 1 is 1.24 bits per heavy atom. The van der Waals surface area contributed by atoms with E-state index in [0.717, 1.165) is 12.8 Å². The third-order valence-electron chi connectivity index (χ3n) is 6.23. The van der Waals surface area contributed by atoms with Crippen molar-refractivity contribution in [2.75, 3.05) is 31.2 Å². The summed E-state index contributed by atoms with van der Waals surface area (Å²) in [7, 11) is 0. The van der Waals surface area contributed by atoms with Crippen molar-refractivity contribution in [3.05, 3.63) is 69.3 Å². The molecule has 4 rings (SSSR count). The van der Waals surface area contributed by atoms with Crippen molar-refractivity contribution in [1.29, 1.82) is 0 Å². The number of hydrogen-bond acceptors (Lipinski definition) is 9. The molecule has 1 aromatic carbocycles. The van der Waals surface area contributed by atoms with Crippen molar-refractivity contribution in [1.82, 2.24) is 10.6 Å². The molecule has 2 aliphatic rings. The van der Waals surface area contributed by atoms with Gasteiger partial charge in [-0.15, -0.1) is 0 Å². The smallest absolute Gasteiger partial charge is 0.338 e. The van der Waals surface area contributed by atoms with E-state index in [2.05, 4.69) is 17.6 Å². The Morgan fingerprint density at radius 2 is 2.05 bits per heavy atom. The summed E-state index contributed by atoms with van der Waals surface area (Å²) in [6.45, 7) is 4.73. The van der Waals surface area contributed by atoms with Gasteiger partial charge in [0.15, 0.2) is 0 Å². The summed E-state index contributed by atoms with van der Waals surface area (Å²) >= 11 is 0. The van der Waals surface area contributed by atoms with E-state index in [9.17, 15) is 24.5 Å². The minimum Gasteiger partial charge on any atom is -0.467 e. The molecule has 0 radical (unpaired) electrons. The first-order chi connectivity index (χ1) is 17.8. The van der Waals surface area contributed by atoms with E-state index in [1.807, 2.05) is 4.90 Å². The molecule has 1 saturated heterocycles. The number of carbonyl (C=O) groups is 3. The van der Waals surface area contributed by atoms with E-state index in [1.54, 1.807) is 25.1 Å². The van der Waals surface area contributed by atoms with Crippen molar-refractivity contribution in [3.63, 3.8) is 0 Å². The average molecular weight is 513 g/mol. The molecule has 0 bridgehead atoms. The lowest BCUT2D eigenvalue weighted by molar-refractivity contribution is -0.384. The fraction of sp³-hybridized carbons (Fsp3) is 0.400. The van der Waals surface area contributed by atoms with Crippen LogP contribution in [-0.4, -0.2) is 49.2 Å². The number of nitro groups is 1. The number of nitrogens with one attached hydrogen (secondary N) is 2. The molecule has 37 heavy (non-hydrogen) atoms. The molecule has 12 heteroatoms. The van der Waals surface area contributed by atoms with Gasteiger partial charge >= 0.3 is 18.0 Å². The second-order valence-corrected chi connectivity index (χ2v) is 8.89. The number of hydrogen-bond donors (Lipinski definition) is 2. The van der Waals surface area contributed by atoms with Crippen LogP contribution >= 0.6 is 0 Å². The van der Waals surface area contributed by atoms with Gasteiger partial charge in [0, 0.05) is 19.2 Å². The number of benzene rings is 1. The monoisotopic (exact) mass is 512 g/mol. The van der Waals surface area contributed by atoms with Crippen LogP contribution in [0, 0.1) is 16.0 Å². The maximum Gasteiger partial charge on any atom is 0.338 e. The van der Waals surface area contributed by atoms with Crippen LogP contribution in [0.4, 0.5) is 16.2 Å². The fourth-order valence-electron chi connectivity index (χ4n) is 4.54. The number of rotatable bonds is 8. The quantitative estimate of drug-likeness (QED) is 0.307. The van der Waals surface area contributed by atoms with E-state index < -0.39 is 35.5 Å². The Hall–Kier alpha value is -4.35. The maximum atomic E-state index is 12.9. The molecule has 196 valence electrons. The average Bonchev–Trinajstić information content (AvgIpc) is 3.41. The Morgan fingerprint density at radius 3 is 2.73 bits per heavy atom. The number of carbonyl (C=O) groups excluding carboxylic acids is 3. The van der Waals surface area contributed by atoms with Crippen molar-refractivity contribution in [2.45, 2.75) is 32.7 Å². The van der Waals surface area contributed by atoms with Gasteiger partial charge in [0.05, 0.1) is 34.6 Å². The molecular formula is C25H28N4O8. The first-order valence-corrected chi connectivity index (χ1v) is 12.0. The number of esters is 2. The van der Waals surface area contributed by atoms with Crippen LogP contribution in [0.15, 0.2) is 52.3 Å². The van der Waals surface area contributed by atoms with Crippen molar-refractivity contribution < 1.29 is 33.2 Å². The predicted octanol–water partition coefficient (Wildman–Crippen LogP) is 3.45. The van der Waals surface area contributed by atoms with E-state index in [1.165, 1.54) is 18.4 Å². The third-order valence-corrected chi connectivity index (χ3v) is 6.23. The van der Waals surface area contributed by atoms with Crippen molar-refractivity contribution in [2.24, 2.45) is 5.92 Å². The molecule has 2 unspecified atom stereocenters. The van der Waals surface area contributed by atoms with Gasteiger partial charge in [0.2, 0.25) is 0 Å². The largest absolute Gasteiger partial charge is 0.467 e. The third kappa shape index (κ3) is 5.74. The number of piperidine rings is 1. The standard InChI is InChI=1S/C25H28N4O8/c1-3-35-24(31)21-17(26-25(32)27-22(21)20-7-5-11-36-20)14-37-23(30)16-8-9-18(19(12-16)29(33)34)28-10-4-6-15(2)13-28/h5,7-9,11-12,15,22H,3-4,6,10,13-14H2,1-2H3,(H2,26,27,32). The number of urea groups is 1. The van der Waals surface area contributed by atoms with Crippen LogP contribution in [0.1, 0.15) is 48.8 Å². The summed E-state index contributed by atoms with van der Waals surface area (Å²) in [6.07, 6.45) is 3.39. The first kappa shape index (κ1) is 25.7. The van der Waals surface area contributed by atoms with Gasteiger partial charge in [0.25, 0.3) is 5.69 Å². The minimum atomic E-state index is -0.955. The van der Waals surface area contributed by atoms with Gasteiger partial charge in [-0.1, -0.05) is 6.92 Å². The Labute approximate surface area is 212 Å². The van der Waals surface area contributed by atoms with Crippen LogP contribution < -0.4 is 15.5 Å². The van der Waals surface area contributed by atoms with Gasteiger partial charge in [-0.05, 0) is 49.9 Å². The minimum absolute atomic E-state index is 0.0183. The summed E-state index contributed by atoms with van der Waals surface area (Å²) in [5.74, 6) is -0.872. The Bertz CT molecular complexity index is 1220. The van der Waals surface area contributed by atoms with E-state index in [0.29, 0.717) is 30.5 Å². The molecule has 0 aliphatic carbocycles. The SMILES string of the molecule is CCOC(=O)C1=C(COC(=O)c2ccc(N3CCCC(C)C3)c([N+](=O)[O-])c2)NC(=O)NC1c1ccco1. The molecule has 2 aliphatic heterocycles. The normalized spacial score (nSPS) is 19.6. The predicted molar refractivity (Wildman–Crippen MR) is 131 cm³/mol. The highest BCUT2D eigenvalue weighted by molar-refractivity contribution is 5.95. The number of ether oxygens (including phenoxy) is 2. The molecule has 2 amide bonds. The molecule has 12 nitrogen and oxygen atoms in total. The van der Waals surface area contributed by atoms with Gasteiger partial charge in [-0.2, -0.15) is 0 Å². The second-order valence-electron chi connectivity index (χ2n) is 8.89. The Balaban J connectivity index is 1.58. The zero-order valence-corrected chi connectivity index (χ0v) is 20.5. The molecule has 0 spiro atoms. The highest BCUT2D eigenvalue weighted by Crippen LogP contribution is 2.33. The van der Waals surface area contributed by atoms with Crippen LogP contribution in [0.2, 0.25) is 0 Å². The molecule has 2 atom stereocenters. The first-order valence-electron chi connectivity index (χ1n) is 12.0. The number of nitro benzene ring substituents is 1. The zero-order chi connectivity index (χ0) is 26.5. The van der Waals surface area contributed by atoms with Crippen LogP contribution in [0.25, 0.3) is 0 Å².